The van der Waals surface area contributed by atoms with Crippen LogP contribution in [0.3, 0.4) is 0 Å². The lowest BCUT2D eigenvalue weighted by atomic mass is 10.3. The molecule has 15 heavy (non-hydrogen) atoms. The van der Waals surface area contributed by atoms with E-state index in [1.807, 2.05) is 13.0 Å². The van der Waals surface area contributed by atoms with Crippen molar-refractivity contribution in [1.82, 2.24) is 9.97 Å². The number of ether oxygens (including phenoxy) is 1. The Hall–Kier alpha value is -1.36. The second-order valence-electron chi connectivity index (χ2n) is 2.97. The smallest absolute Gasteiger partial charge is 0.263 e. The molecule has 5 heteroatoms. The molecular formula is C10H9BrN2O2. The van der Waals surface area contributed by atoms with E-state index in [9.17, 15) is 4.79 Å². The number of nitrogens with zero attached hydrogens (tertiary/aromatic N) is 1. The molecule has 0 radical (unpaired) electrons. The fraction of sp³-hybridized carbons (Fsp3) is 0.200. The van der Waals surface area contributed by atoms with Crippen LogP contribution in [0.1, 0.15) is 6.92 Å². The lowest BCUT2D eigenvalue weighted by molar-refractivity contribution is 0.328. The van der Waals surface area contributed by atoms with Crippen LogP contribution in [-0.2, 0) is 0 Å². The molecule has 2 rings (SSSR count). The van der Waals surface area contributed by atoms with Gasteiger partial charge >= 0.3 is 0 Å². The van der Waals surface area contributed by atoms with Gasteiger partial charge in [0.05, 0.1) is 11.1 Å². The van der Waals surface area contributed by atoms with Crippen molar-refractivity contribution in [2.24, 2.45) is 0 Å². The number of rotatable bonds is 2. The van der Waals surface area contributed by atoms with Crippen molar-refractivity contribution < 1.29 is 4.74 Å². The maximum atomic E-state index is 11.3. The number of aromatic nitrogens is 2. The number of nitrogens with one attached hydrogen (secondary N) is 1. The van der Waals surface area contributed by atoms with Crippen molar-refractivity contribution in [1.29, 1.82) is 0 Å². The fourth-order valence-electron chi connectivity index (χ4n) is 1.27. The molecule has 1 N–H and O–H groups in total. The maximum Gasteiger partial charge on any atom is 0.263 e. The molecule has 0 aliphatic carbocycles. The molecule has 0 aliphatic heterocycles. The van der Waals surface area contributed by atoms with Crippen LogP contribution in [-0.4, -0.2) is 16.6 Å². The predicted octanol–water partition coefficient (Wildman–Crippen LogP) is 2.08. The number of hydrogen-bond donors (Lipinski definition) is 1. The van der Waals surface area contributed by atoms with Gasteiger partial charge in [0, 0.05) is 11.5 Å². The Morgan fingerprint density at radius 3 is 3.07 bits per heavy atom. The first-order valence-corrected chi connectivity index (χ1v) is 5.32. The van der Waals surface area contributed by atoms with E-state index in [0.717, 1.165) is 5.39 Å². The van der Waals surface area contributed by atoms with Gasteiger partial charge in [0.25, 0.3) is 5.56 Å². The Kier molecular flexibility index (Phi) is 2.73. The zero-order chi connectivity index (χ0) is 10.8. The Morgan fingerprint density at radius 2 is 2.33 bits per heavy atom. The van der Waals surface area contributed by atoms with Crippen molar-refractivity contribution in [2.45, 2.75) is 6.92 Å². The molecule has 2 heterocycles. The van der Waals surface area contributed by atoms with Gasteiger partial charge in [-0.15, -0.1) is 0 Å². The van der Waals surface area contributed by atoms with E-state index in [1.165, 1.54) is 0 Å². The van der Waals surface area contributed by atoms with Gasteiger partial charge in [0.1, 0.15) is 5.65 Å². The van der Waals surface area contributed by atoms with Gasteiger partial charge in [-0.2, -0.15) is 4.98 Å². The summed E-state index contributed by atoms with van der Waals surface area (Å²) in [5, 5.41) is 0.866. The van der Waals surface area contributed by atoms with Gasteiger partial charge < -0.3 is 9.72 Å². The van der Waals surface area contributed by atoms with E-state index in [0.29, 0.717) is 22.6 Å². The van der Waals surface area contributed by atoms with Crippen LogP contribution in [0.4, 0.5) is 0 Å². The van der Waals surface area contributed by atoms with Gasteiger partial charge in [-0.1, -0.05) is 0 Å². The highest BCUT2D eigenvalue weighted by Crippen LogP contribution is 2.16. The zero-order valence-corrected chi connectivity index (χ0v) is 9.67. The molecule has 0 atom stereocenters. The first kappa shape index (κ1) is 10.2. The number of halogens is 1. The minimum Gasteiger partial charge on any atom is -0.478 e. The van der Waals surface area contributed by atoms with E-state index in [2.05, 4.69) is 25.9 Å². The molecule has 4 nitrogen and oxygen atoms in total. The topological polar surface area (TPSA) is 55.0 Å². The summed E-state index contributed by atoms with van der Waals surface area (Å²) in [4.78, 5) is 18.2. The van der Waals surface area contributed by atoms with Crippen LogP contribution in [0, 0.1) is 0 Å². The van der Waals surface area contributed by atoms with E-state index in [4.69, 9.17) is 4.74 Å². The van der Waals surface area contributed by atoms with E-state index in [-0.39, 0.29) is 5.56 Å². The van der Waals surface area contributed by atoms with Crippen LogP contribution in [0.15, 0.2) is 27.5 Å². The molecule has 2 aromatic heterocycles. The molecule has 0 unspecified atom stereocenters. The summed E-state index contributed by atoms with van der Waals surface area (Å²) in [5.74, 6) is 0.517. The predicted molar refractivity (Wildman–Crippen MR) is 61.2 cm³/mol. The molecule has 0 saturated heterocycles. The van der Waals surface area contributed by atoms with E-state index in [1.54, 1.807) is 12.1 Å². The highest BCUT2D eigenvalue weighted by molar-refractivity contribution is 9.10. The Bertz CT molecular complexity index is 551. The molecule has 0 aromatic carbocycles. The average Bonchev–Trinajstić information content (AvgIpc) is 2.21. The third kappa shape index (κ3) is 2.02. The Morgan fingerprint density at radius 1 is 1.53 bits per heavy atom. The van der Waals surface area contributed by atoms with Gasteiger partial charge in [-0.05, 0) is 35.0 Å². The standard InChI is InChI=1S/C10H9BrN2O2/c1-2-15-8-4-3-6-5-7(11)10(14)13-9(6)12-8/h3-5H,2H2,1H3,(H,12,13,14). The number of H-pyrrole nitrogens is 1. The minimum absolute atomic E-state index is 0.191. The number of fused-ring (bicyclic) bond motifs is 1. The minimum atomic E-state index is -0.191. The molecular weight excluding hydrogens is 260 g/mol. The quantitative estimate of drug-likeness (QED) is 0.908. The average molecular weight is 269 g/mol. The molecule has 2 aromatic rings. The second kappa shape index (κ2) is 4.02. The normalized spacial score (nSPS) is 10.5. The first-order chi connectivity index (χ1) is 7.20. The van der Waals surface area contributed by atoms with E-state index >= 15 is 0 Å². The first-order valence-electron chi connectivity index (χ1n) is 4.53. The van der Waals surface area contributed by atoms with Crippen LogP contribution in [0.25, 0.3) is 11.0 Å². The third-order valence-corrected chi connectivity index (χ3v) is 2.51. The van der Waals surface area contributed by atoms with Crippen molar-refractivity contribution >= 4 is 27.0 Å². The Balaban J connectivity index is 2.61. The van der Waals surface area contributed by atoms with Gasteiger partial charge in [0.15, 0.2) is 0 Å². The summed E-state index contributed by atoms with van der Waals surface area (Å²) in [6.07, 6.45) is 0. The second-order valence-corrected chi connectivity index (χ2v) is 3.82. The lowest BCUT2D eigenvalue weighted by Gasteiger charge is -2.03. The summed E-state index contributed by atoms with van der Waals surface area (Å²) in [7, 11) is 0. The monoisotopic (exact) mass is 268 g/mol. The van der Waals surface area contributed by atoms with Crippen molar-refractivity contribution in [3.8, 4) is 5.88 Å². The van der Waals surface area contributed by atoms with Gasteiger partial charge in [-0.3, -0.25) is 4.79 Å². The van der Waals surface area contributed by atoms with Crippen molar-refractivity contribution in [2.75, 3.05) is 6.61 Å². The molecule has 0 bridgehead atoms. The summed E-state index contributed by atoms with van der Waals surface area (Å²) in [6.45, 7) is 2.44. The molecule has 0 fully saturated rings. The highest BCUT2D eigenvalue weighted by Gasteiger charge is 2.02. The summed E-state index contributed by atoms with van der Waals surface area (Å²) in [5.41, 5.74) is 0.345. The molecule has 78 valence electrons. The van der Waals surface area contributed by atoms with Crippen molar-refractivity contribution in [3.63, 3.8) is 0 Å². The van der Waals surface area contributed by atoms with Crippen LogP contribution in [0.5, 0.6) is 5.88 Å². The highest BCUT2D eigenvalue weighted by atomic mass is 79.9. The largest absolute Gasteiger partial charge is 0.478 e. The number of pyridine rings is 2. The molecule has 0 amide bonds. The number of aromatic amines is 1. The zero-order valence-electron chi connectivity index (χ0n) is 8.08. The summed E-state index contributed by atoms with van der Waals surface area (Å²) >= 11 is 3.16. The van der Waals surface area contributed by atoms with Crippen LogP contribution < -0.4 is 10.3 Å². The van der Waals surface area contributed by atoms with Crippen LogP contribution in [0.2, 0.25) is 0 Å². The van der Waals surface area contributed by atoms with Gasteiger partial charge in [0.2, 0.25) is 5.88 Å². The van der Waals surface area contributed by atoms with E-state index < -0.39 is 0 Å². The molecule has 0 spiro atoms. The number of hydrogen-bond acceptors (Lipinski definition) is 3. The van der Waals surface area contributed by atoms with Gasteiger partial charge in [-0.25, -0.2) is 0 Å². The Labute approximate surface area is 94.4 Å². The SMILES string of the molecule is CCOc1ccc2cc(Br)c(=O)[nH]c2n1. The third-order valence-electron chi connectivity index (χ3n) is 1.92. The molecule has 0 aliphatic rings. The van der Waals surface area contributed by atoms with Crippen LogP contribution >= 0.6 is 15.9 Å². The molecule has 0 saturated carbocycles. The summed E-state index contributed by atoms with van der Waals surface area (Å²) < 4.78 is 5.74. The summed E-state index contributed by atoms with van der Waals surface area (Å²) in [6, 6.07) is 5.36. The van der Waals surface area contributed by atoms with Crippen molar-refractivity contribution in [3.05, 3.63) is 33.0 Å². The maximum absolute atomic E-state index is 11.3. The lowest BCUT2D eigenvalue weighted by Crippen LogP contribution is -2.07. The fourth-order valence-corrected chi connectivity index (χ4v) is 1.61.